The highest BCUT2D eigenvalue weighted by molar-refractivity contribution is 6.30. The maximum absolute atomic E-state index is 12.2. The SMILES string of the molecule is CCOC(=O)C1(c2nc(-c3ccc(Cl)cn3)no2)CCC1. The lowest BCUT2D eigenvalue weighted by molar-refractivity contribution is -0.155. The summed E-state index contributed by atoms with van der Waals surface area (Å²) in [6.45, 7) is 2.11. The van der Waals surface area contributed by atoms with Gasteiger partial charge in [0.15, 0.2) is 0 Å². The monoisotopic (exact) mass is 307 g/mol. The van der Waals surface area contributed by atoms with E-state index in [0.29, 0.717) is 41.9 Å². The Morgan fingerprint density at radius 1 is 1.48 bits per heavy atom. The molecule has 0 radical (unpaired) electrons. The number of nitrogens with zero attached hydrogens (tertiary/aromatic N) is 3. The summed E-state index contributed by atoms with van der Waals surface area (Å²) in [5.74, 6) is 0.353. The second-order valence-corrected chi connectivity index (χ2v) is 5.38. The molecule has 0 N–H and O–H groups in total. The highest BCUT2D eigenvalue weighted by Gasteiger charge is 2.52. The van der Waals surface area contributed by atoms with E-state index in [0.717, 1.165) is 6.42 Å². The van der Waals surface area contributed by atoms with Crippen LogP contribution < -0.4 is 0 Å². The van der Waals surface area contributed by atoms with Gasteiger partial charge in [0, 0.05) is 6.20 Å². The average molecular weight is 308 g/mol. The average Bonchev–Trinajstić information content (AvgIpc) is 2.88. The Morgan fingerprint density at radius 3 is 2.86 bits per heavy atom. The lowest BCUT2D eigenvalue weighted by Crippen LogP contribution is -2.44. The van der Waals surface area contributed by atoms with Gasteiger partial charge in [-0.2, -0.15) is 4.98 Å². The van der Waals surface area contributed by atoms with Gasteiger partial charge in [0.2, 0.25) is 11.7 Å². The Morgan fingerprint density at radius 2 is 2.29 bits per heavy atom. The number of esters is 1. The Hall–Kier alpha value is -1.95. The second kappa shape index (κ2) is 5.44. The molecule has 1 fully saturated rings. The van der Waals surface area contributed by atoms with Crippen molar-refractivity contribution in [2.75, 3.05) is 6.61 Å². The summed E-state index contributed by atoms with van der Waals surface area (Å²) >= 11 is 5.80. The Labute approximate surface area is 126 Å². The molecule has 2 aromatic heterocycles. The first kappa shape index (κ1) is 14.0. The van der Waals surface area contributed by atoms with Crippen LogP contribution >= 0.6 is 11.6 Å². The first-order valence-corrected chi connectivity index (χ1v) is 7.17. The summed E-state index contributed by atoms with van der Waals surface area (Å²) in [7, 11) is 0. The number of rotatable bonds is 4. The van der Waals surface area contributed by atoms with Gasteiger partial charge in [0.1, 0.15) is 11.1 Å². The van der Waals surface area contributed by atoms with E-state index in [1.807, 2.05) is 0 Å². The van der Waals surface area contributed by atoms with Gasteiger partial charge in [-0.3, -0.25) is 9.78 Å². The summed E-state index contributed by atoms with van der Waals surface area (Å²) in [6.07, 6.45) is 3.79. The molecule has 0 spiro atoms. The van der Waals surface area contributed by atoms with Crippen LogP contribution in [0.4, 0.5) is 0 Å². The number of aromatic nitrogens is 3. The van der Waals surface area contributed by atoms with Crippen LogP contribution in [-0.2, 0) is 14.9 Å². The molecule has 7 heteroatoms. The van der Waals surface area contributed by atoms with Gasteiger partial charge in [-0.15, -0.1) is 0 Å². The van der Waals surface area contributed by atoms with Crippen LogP contribution in [0.5, 0.6) is 0 Å². The lowest BCUT2D eigenvalue weighted by Gasteiger charge is -2.35. The fourth-order valence-corrected chi connectivity index (χ4v) is 2.45. The van der Waals surface area contributed by atoms with Crippen LogP contribution in [0.25, 0.3) is 11.5 Å². The van der Waals surface area contributed by atoms with Crippen molar-refractivity contribution >= 4 is 17.6 Å². The molecule has 0 bridgehead atoms. The third kappa shape index (κ3) is 2.40. The molecule has 1 saturated carbocycles. The molecule has 1 aliphatic rings. The number of carbonyl (C=O) groups excluding carboxylic acids is 1. The third-order valence-electron chi connectivity index (χ3n) is 3.67. The largest absolute Gasteiger partial charge is 0.465 e. The van der Waals surface area contributed by atoms with E-state index in [2.05, 4.69) is 15.1 Å². The van der Waals surface area contributed by atoms with Crippen molar-refractivity contribution < 1.29 is 14.1 Å². The van der Waals surface area contributed by atoms with Gasteiger partial charge < -0.3 is 9.26 Å². The van der Waals surface area contributed by atoms with Gasteiger partial charge in [-0.05, 0) is 31.9 Å². The van der Waals surface area contributed by atoms with Crippen LogP contribution in [-0.4, -0.2) is 27.7 Å². The molecule has 21 heavy (non-hydrogen) atoms. The topological polar surface area (TPSA) is 78.1 Å². The standard InChI is InChI=1S/C14H14ClN3O3/c1-2-20-13(19)14(6-3-7-14)12-17-11(18-21-12)10-5-4-9(15)8-16-10/h4-5,8H,2-3,6-7H2,1H3. The molecule has 0 saturated heterocycles. The molecule has 2 aromatic rings. The molecule has 0 unspecified atom stereocenters. The molecule has 110 valence electrons. The van der Waals surface area contributed by atoms with Gasteiger partial charge in [0.05, 0.1) is 11.6 Å². The summed E-state index contributed by atoms with van der Waals surface area (Å²) < 4.78 is 10.4. The molecule has 0 aromatic carbocycles. The van der Waals surface area contributed by atoms with E-state index in [9.17, 15) is 4.79 Å². The first-order chi connectivity index (χ1) is 10.2. The zero-order valence-corrected chi connectivity index (χ0v) is 12.3. The molecular weight excluding hydrogens is 294 g/mol. The molecule has 0 aliphatic heterocycles. The Balaban J connectivity index is 1.90. The second-order valence-electron chi connectivity index (χ2n) is 4.94. The molecule has 3 rings (SSSR count). The minimum absolute atomic E-state index is 0.296. The van der Waals surface area contributed by atoms with Crippen molar-refractivity contribution in [1.82, 2.24) is 15.1 Å². The Kier molecular flexibility index (Phi) is 3.63. The summed E-state index contributed by atoms with van der Waals surface area (Å²) in [5.41, 5.74) is -0.235. The molecular formula is C14H14ClN3O3. The normalized spacial score (nSPS) is 16.3. The van der Waals surface area contributed by atoms with E-state index < -0.39 is 5.41 Å². The fraction of sp³-hybridized carbons (Fsp3) is 0.429. The van der Waals surface area contributed by atoms with E-state index in [1.54, 1.807) is 19.1 Å². The van der Waals surface area contributed by atoms with Crippen molar-refractivity contribution in [2.45, 2.75) is 31.6 Å². The van der Waals surface area contributed by atoms with E-state index in [4.69, 9.17) is 20.9 Å². The van der Waals surface area contributed by atoms with Crippen LogP contribution in [0.3, 0.4) is 0 Å². The molecule has 0 atom stereocenters. The van der Waals surface area contributed by atoms with Gasteiger partial charge in [-0.25, -0.2) is 0 Å². The molecule has 0 amide bonds. The predicted octanol–water partition coefficient (Wildman–Crippen LogP) is 2.77. The van der Waals surface area contributed by atoms with Crippen LogP contribution in [0.2, 0.25) is 5.02 Å². The Bertz CT molecular complexity index is 650. The predicted molar refractivity (Wildman–Crippen MR) is 74.7 cm³/mol. The van der Waals surface area contributed by atoms with E-state index in [1.165, 1.54) is 6.20 Å². The van der Waals surface area contributed by atoms with E-state index in [-0.39, 0.29) is 5.97 Å². The minimum Gasteiger partial charge on any atom is -0.465 e. The van der Waals surface area contributed by atoms with Crippen molar-refractivity contribution in [3.8, 4) is 11.5 Å². The van der Waals surface area contributed by atoms with Crippen molar-refractivity contribution in [1.29, 1.82) is 0 Å². The minimum atomic E-state index is -0.784. The van der Waals surface area contributed by atoms with Gasteiger partial charge in [0.25, 0.3) is 0 Å². The zero-order valence-electron chi connectivity index (χ0n) is 11.5. The number of carbonyl (C=O) groups is 1. The van der Waals surface area contributed by atoms with E-state index >= 15 is 0 Å². The number of hydrogen-bond acceptors (Lipinski definition) is 6. The zero-order chi connectivity index (χ0) is 14.9. The van der Waals surface area contributed by atoms with Gasteiger partial charge in [-0.1, -0.05) is 23.2 Å². The smallest absolute Gasteiger partial charge is 0.321 e. The van der Waals surface area contributed by atoms with Crippen molar-refractivity contribution in [3.63, 3.8) is 0 Å². The number of ether oxygens (including phenoxy) is 1. The maximum Gasteiger partial charge on any atom is 0.321 e. The number of hydrogen-bond donors (Lipinski definition) is 0. The lowest BCUT2D eigenvalue weighted by atomic mass is 9.68. The van der Waals surface area contributed by atoms with Gasteiger partial charge >= 0.3 is 5.97 Å². The molecule has 6 nitrogen and oxygen atoms in total. The highest BCUT2D eigenvalue weighted by atomic mass is 35.5. The number of pyridine rings is 1. The van der Waals surface area contributed by atoms with Crippen LogP contribution in [0.15, 0.2) is 22.9 Å². The molecule has 1 aliphatic carbocycles. The summed E-state index contributed by atoms with van der Waals surface area (Å²) in [6, 6.07) is 3.40. The summed E-state index contributed by atoms with van der Waals surface area (Å²) in [4.78, 5) is 20.6. The molecule has 2 heterocycles. The maximum atomic E-state index is 12.2. The van der Waals surface area contributed by atoms with Crippen molar-refractivity contribution in [2.24, 2.45) is 0 Å². The van der Waals surface area contributed by atoms with Crippen LogP contribution in [0, 0.1) is 0 Å². The van der Waals surface area contributed by atoms with Crippen LogP contribution in [0.1, 0.15) is 32.1 Å². The fourth-order valence-electron chi connectivity index (χ4n) is 2.33. The quantitative estimate of drug-likeness (QED) is 0.808. The highest BCUT2D eigenvalue weighted by Crippen LogP contribution is 2.44. The number of halogens is 1. The van der Waals surface area contributed by atoms with Crippen molar-refractivity contribution in [3.05, 3.63) is 29.2 Å². The third-order valence-corrected chi connectivity index (χ3v) is 3.89. The first-order valence-electron chi connectivity index (χ1n) is 6.79. The summed E-state index contributed by atoms with van der Waals surface area (Å²) in [5, 5.41) is 4.44.